The van der Waals surface area contributed by atoms with E-state index in [1.807, 2.05) is 13.8 Å². The van der Waals surface area contributed by atoms with Crippen molar-refractivity contribution in [2.24, 2.45) is 11.3 Å². The molecule has 1 amide bonds. The van der Waals surface area contributed by atoms with Crippen molar-refractivity contribution >= 4 is 5.91 Å². The molecular formula is C12H19F2NO2. The molecule has 1 aliphatic carbocycles. The number of morpholine rings is 1. The predicted molar refractivity (Wildman–Crippen MR) is 58.9 cm³/mol. The molecule has 5 heteroatoms. The quantitative estimate of drug-likeness (QED) is 0.746. The molecule has 2 rings (SSSR count). The summed E-state index contributed by atoms with van der Waals surface area (Å²) in [7, 11) is 0. The van der Waals surface area contributed by atoms with Crippen molar-refractivity contribution in [3.05, 3.63) is 0 Å². The first kappa shape index (κ1) is 12.7. The molecule has 0 N–H and O–H groups in total. The van der Waals surface area contributed by atoms with Gasteiger partial charge in [0.25, 0.3) is 0 Å². The highest BCUT2D eigenvalue weighted by molar-refractivity contribution is 5.84. The monoisotopic (exact) mass is 247 g/mol. The molecule has 0 spiro atoms. The molecule has 17 heavy (non-hydrogen) atoms. The van der Waals surface area contributed by atoms with Gasteiger partial charge in [0.1, 0.15) is 0 Å². The third kappa shape index (κ3) is 2.17. The number of alkyl halides is 2. The minimum Gasteiger partial charge on any atom is -0.378 e. The van der Waals surface area contributed by atoms with Crippen LogP contribution in [-0.4, -0.2) is 43.0 Å². The average Bonchev–Trinajstić information content (AvgIpc) is 2.25. The summed E-state index contributed by atoms with van der Waals surface area (Å²) in [6.45, 7) is 5.78. The molecule has 2 fully saturated rings. The van der Waals surface area contributed by atoms with Gasteiger partial charge in [-0.2, -0.15) is 0 Å². The van der Waals surface area contributed by atoms with E-state index in [9.17, 15) is 13.6 Å². The van der Waals surface area contributed by atoms with Crippen LogP contribution in [0.2, 0.25) is 0 Å². The van der Waals surface area contributed by atoms with Crippen molar-refractivity contribution < 1.29 is 18.3 Å². The third-order valence-electron chi connectivity index (χ3n) is 3.98. The highest BCUT2D eigenvalue weighted by atomic mass is 19.3. The molecule has 0 unspecified atom stereocenters. The van der Waals surface area contributed by atoms with Gasteiger partial charge in [-0.05, 0) is 5.92 Å². The van der Waals surface area contributed by atoms with Crippen molar-refractivity contribution in [3.8, 4) is 0 Å². The summed E-state index contributed by atoms with van der Waals surface area (Å²) in [6, 6.07) is 0. The van der Waals surface area contributed by atoms with Gasteiger partial charge in [-0.3, -0.25) is 4.79 Å². The molecule has 0 bridgehead atoms. The third-order valence-corrected chi connectivity index (χ3v) is 3.98. The second-order valence-electron chi connectivity index (χ2n) is 5.42. The lowest BCUT2D eigenvalue weighted by Gasteiger charge is -2.51. The fourth-order valence-electron chi connectivity index (χ4n) is 2.76. The number of nitrogens with zero attached hydrogens (tertiary/aromatic N) is 1. The molecule has 1 saturated heterocycles. The van der Waals surface area contributed by atoms with E-state index in [4.69, 9.17) is 4.74 Å². The van der Waals surface area contributed by atoms with Crippen molar-refractivity contribution in [1.82, 2.24) is 4.90 Å². The molecule has 2 aliphatic rings. The van der Waals surface area contributed by atoms with Gasteiger partial charge in [-0.1, -0.05) is 13.8 Å². The van der Waals surface area contributed by atoms with Crippen molar-refractivity contribution in [3.63, 3.8) is 0 Å². The number of ether oxygens (including phenoxy) is 1. The molecule has 3 nitrogen and oxygen atoms in total. The number of carbonyl (C=O) groups excluding carboxylic acids is 1. The molecule has 1 heterocycles. The summed E-state index contributed by atoms with van der Waals surface area (Å²) in [6.07, 6.45) is -0.596. The van der Waals surface area contributed by atoms with Crippen LogP contribution in [0.5, 0.6) is 0 Å². The second kappa shape index (κ2) is 4.19. The van der Waals surface area contributed by atoms with Crippen LogP contribution in [0, 0.1) is 11.3 Å². The highest BCUT2D eigenvalue weighted by Crippen LogP contribution is 2.57. The topological polar surface area (TPSA) is 29.5 Å². The number of hydrogen-bond acceptors (Lipinski definition) is 2. The van der Waals surface area contributed by atoms with E-state index in [-0.39, 0.29) is 24.7 Å². The molecule has 0 radical (unpaired) electrons. The Bertz CT molecular complexity index is 304. The van der Waals surface area contributed by atoms with E-state index in [2.05, 4.69) is 0 Å². The lowest BCUT2D eigenvalue weighted by Crippen LogP contribution is -2.60. The Morgan fingerprint density at radius 2 is 1.76 bits per heavy atom. The van der Waals surface area contributed by atoms with E-state index in [0.717, 1.165) is 0 Å². The number of hydrogen-bond donors (Lipinski definition) is 0. The fourth-order valence-corrected chi connectivity index (χ4v) is 2.76. The summed E-state index contributed by atoms with van der Waals surface area (Å²) in [5.41, 5.74) is -0.846. The molecule has 0 aromatic carbocycles. The summed E-state index contributed by atoms with van der Waals surface area (Å²) in [5.74, 6) is -2.81. The SMILES string of the molecule is CC(C)C1(C(=O)N2CCOCC2)CC(F)(F)C1. The van der Waals surface area contributed by atoms with Crippen LogP contribution in [-0.2, 0) is 9.53 Å². The lowest BCUT2D eigenvalue weighted by atomic mass is 9.59. The van der Waals surface area contributed by atoms with Crippen LogP contribution < -0.4 is 0 Å². The van der Waals surface area contributed by atoms with Crippen LogP contribution in [0.1, 0.15) is 26.7 Å². The largest absolute Gasteiger partial charge is 0.378 e. The zero-order valence-electron chi connectivity index (χ0n) is 10.3. The molecule has 1 aliphatic heterocycles. The van der Waals surface area contributed by atoms with Gasteiger partial charge in [0, 0.05) is 25.9 Å². The van der Waals surface area contributed by atoms with Gasteiger partial charge in [0.05, 0.1) is 18.6 Å². The first-order valence-corrected chi connectivity index (χ1v) is 6.12. The van der Waals surface area contributed by atoms with Crippen LogP contribution in [0.4, 0.5) is 8.78 Å². The first-order valence-electron chi connectivity index (χ1n) is 6.12. The van der Waals surface area contributed by atoms with Gasteiger partial charge in [-0.25, -0.2) is 8.78 Å². The normalized spacial score (nSPS) is 26.8. The Labute approximate surface area is 100 Å². The van der Waals surface area contributed by atoms with E-state index in [1.54, 1.807) is 4.90 Å². The zero-order chi connectivity index (χ0) is 12.7. The molecule has 0 aromatic heterocycles. The van der Waals surface area contributed by atoms with Crippen molar-refractivity contribution in [2.45, 2.75) is 32.6 Å². The van der Waals surface area contributed by atoms with Crippen LogP contribution in [0.25, 0.3) is 0 Å². The van der Waals surface area contributed by atoms with Gasteiger partial charge >= 0.3 is 0 Å². The van der Waals surface area contributed by atoms with Crippen molar-refractivity contribution in [1.29, 1.82) is 0 Å². The minimum atomic E-state index is -2.66. The number of halogens is 2. The Balaban J connectivity index is 2.09. The Morgan fingerprint density at radius 1 is 1.24 bits per heavy atom. The summed E-state index contributed by atoms with van der Waals surface area (Å²) < 4.78 is 31.4. The zero-order valence-corrected chi connectivity index (χ0v) is 10.3. The van der Waals surface area contributed by atoms with E-state index in [0.29, 0.717) is 26.3 Å². The lowest BCUT2D eigenvalue weighted by molar-refractivity contribution is -0.200. The van der Waals surface area contributed by atoms with E-state index < -0.39 is 11.3 Å². The van der Waals surface area contributed by atoms with E-state index in [1.165, 1.54) is 0 Å². The number of carbonyl (C=O) groups is 1. The van der Waals surface area contributed by atoms with Crippen LogP contribution >= 0.6 is 0 Å². The van der Waals surface area contributed by atoms with E-state index >= 15 is 0 Å². The molecule has 0 aromatic rings. The average molecular weight is 247 g/mol. The summed E-state index contributed by atoms with van der Waals surface area (Å²) in [5, 5.41) is 0. The smallest absolute Gasteiger partial charge is 0.250 e. The maximum absolute atomic E-state index is 13.1. The molecule has 1 saturated carbocycles. The first-order chi connectivity index (χ1) is 7.87. The minimum absolute atomic E-state index is 0.0440. The van der Waals surface area contributed by atoms with Gasteiger partial charge < -0.3 is 9.64 Å². The standard InChI is InChI=1S/C12H19F2NO2/c1-9(2)11(7-12(13,14)8-11)10(16)15-3-5-17-6-4-15/h9H,3-8H2,1-2H3. The summed E-state index contributed by atoms with van der Waals surface area (Å²) in [4.78, 5) is 14.0. The molecule has 0 atom stereocenters. The summed E-state index contributed by atoms with van der Waals surface area (Å²) >= 11 is 0. The molecular weight excluding hydrogens is 228 g/mol. The number of amides is 1. The number of rotatable bonds is 2. The van der Waals surface area contributed by atoms with Crippen LogP contribution in [0.3, 0.4) is 0 Å². The van der Waals surface area contributed by atoms with Crippen molar-refractivity contribution in [2.75, 3.05) is 26.3 Å². The fraction of sp³-hybridized carbons (Fsp3) is 0.917. The highest BCUT2D eigenvalue weighted by Gasteiger charge is 2.62. The maximum atomic E-state index is 13.1. The van der Waals surface area contributed by atoms with Gasteiger partial charge in [-0.15, -0.1) is 0 Å². The van der Waals surface area contributed by atoms with Gasteiger partial charge in [0.15, 0.2) is 0 Å². The Hall–Kier alpha value is -0.710. The Morgan fingerprint density at radius 3 is 2.18 bits per heavy atom. The van der Waals surface area contributed by atoms with Crippen LogP contribution in [0.15, 0.2) is 0 Å². The predicted octanol–water partition coefficient (Wildman–Crippen LogP) is 1.92. The Kier molecular flexibility index (Phi) is 3.14. The second-order valence-corrected chi connectivity index (χ2v) is 5.42. The molecule has 98 valence electrons. The maximum Gasteiger partial charge on any atom is 0.250 e. The van der Waals surface area contributed by atoms with Gasteiger partial charge in [0.2, 0.25) is 11.8 Å².